The minimum atomic E-state index is -5.08. The standard InChI is InChI=1S/C17H24N4O2S.2C2HF3O2/c1-13-19-15(10-24-13)9-22-16-3-4-23-17(5-16)11-21(12-17)8-14-6-18-20(2)7-14;2*3-2(4,5)1(6)7/h6-7,10,16H,3-5,8-9,11-12H2,1-2H3;2*(H,6,7). The van der Waals surface area contributed by atoms with Crippen LogP contribution in [-0.4, -0.2) is 85.6 Å². The predicted molar refractivity (Wildman–Crippen MR) is 119 cm³/mol. The minimum Gasteiger partial charge on any atom is -0.475 e. The number of ether oxygens (including phenoxy) is 2. The molecule has 2 aliphatic rings. The minimum absolute atomic E-state index is 0.0108. The molecule has 4 heterocycles. The fraction of sp³-hybridized carbons (Fsp3) is 0.619. The molecule has 2 aliphatic heterocycles. The highest BCUT2D eigenvalue weighted by Crippen LogP contribution is 2.36. The van der Waals surface area contributed by atoms with E-state index in [-0.39, 0.29) is 11.7 Å². The van der Waals surface area contributed by atoms with E-state index in [2.05, 4.69) is 26.6 Å². The molecule has 17 heteroatoms. The molecule has 214 valence electrons. The van der Waals surface area contributed by atoms with E-state index in [4.69, 9.17) is 29.3 Å². The van der Waals surface area contributed by atoms with Gasteiger partial charge in [-0.2, -0.15) is 31.4 Å². The van der Waals surface area contributed by atoms with Crippen LogP contribution in [0, 0.1) is 6.92 Å². The number of carboxylic acids is 2. The first kappa shape index (κ1) is 31.5. The number of nitrogens with zero attached hydrogens (tertiary/aromatic N) is 4. The largest absolute Gasteiger partial charge is 0.490 e. The summed E-state index contributed by atoms with van der Waals surface area (Å²) in [6, 6.07) is 0. The summed E-state index contributed by atoms with van der Waals surface area (Å²) >= 11 is 1.68. The second-order valence-corrected chi connectivity index (χ2v) is 9.65. The van der Waals surface area contributed by atoms with Crippen molar-refractivity contribution in [2.45, 2.75) is 57.0 Å². The van der Waals surface area contributed by atoms with E-state index in [1.54, 1.807) is 11.3 Å². The Balaban J connectivity index is 0.000000301. The van der Waals surface area contributed by atoms with Crippen LogP contribution in [0.5, 0.6) is 0 Å². The number of hydrogen-bond donors (Lipinski definition) is 2. The molecule has 4 rings (SSSR count). The normalized spacial score (nSPS) is 19.0. The van der Waals surface area contributed by atoms with Gasteiger partial charge in [-0.3, -0.25) is 9.58 Å². The van der Waals surface area contributed by atoms with E-state index in [0.717, 1.165) is 49.8 Å². The number of carboxylic acid groups (broad SMARTS) is 2. The lowest BCUT2D eigenvalue weighted by atomic mass is 9.84. The number of carbonyl (C=O) groups is 2. The molecule has 10 nitrogen and oxygen atoms in total. The molecule has 38 heavy (non-hydrogen) atoms. The smallest absolute Gasteiger partial charge is 0.475 e. The van der Waals surface area contributed by atoms with Gasteiger partial charge < -0.3 is 19.7 Å². The fourth-order valence-corrected chi connectivity index (χ4v) is 4.31. The van der Waals surface area contributed by atoms with E-state index in [9.17, 15) is 26.3 Å². The van der Waals surface area contributed by atoms with Gasteiger partial charge in [-0.15, -0.1) is 11.3 Å². The fourth-order valence-electron chi connectivity index (χ4n) is 3.72. The third-order valence-electron chi connectivity index (χ3n) is 5.25. The van der Waals surface area contributed by atoms with Gasteiger partial charge in [0.1, 0.15) is 0 Å². The first-order valence-electron chi connectivity index (χ1n) is 11.0. The molecule has 1 spiro atoms. The third-order valence-corrected chi connectivity index (χ3v) is 6.08. The summed E-state index contributed by atoms with van der Waals surface area (Å²) in [6.07, 6.45) is -3.91. The summed E-state index contributed by atoms with van der Waals surface area (Å²) in [5.74, 6) is -5.51. The molecule has 1 atom stereocenters. The van der Waals surface area contributed by atoms with Crippen LogP contribution in [0.1, 0.15) is 29.1 Å². The lowest BCUT2D eigenvalue weighted by molar-refractivity contribution is -0.200. The Morgan fingerprint density at radius 3 is 2.21 bits per heavy atom. The monoisotopic (exact) mass is 576 g/mol. The topological polar surface area (TPSA) is 127 Å². The Morgan fingerprint density at radius 2 is 1.76 bits per heavy atom. The maximum Gasteiger partial charge on any atom is 0.490 e. The van der Waals surface area contributed by atoms with Crippen LogP contribution in [0.15, 0.2) is 17.8 Å². The molecule has 2 fully saturated rings. The van der Waals surface area contributed by atoms with Crippen LogP contribution < -0.4 is 0 Å². The quantitative estimate of drug-likeness (QED) is 0.515. The van der Waals surface area contributed by atoms with Crippen LogP contribution in [0.2, 0.25) is 0 Å². The van der Waals surface area contributed by atoms with Gasteiger partial charge in [-0.05, 0) is 13.3 Å². The van der Waals surface area contributed by atoms with Crippen molar-refractivity contribution >= 4 is 23.3 Å². The Bertz CT molecular complexity index is 1040. The molecule has 2 aromatic rings. The van der Waals surface area contributed by atoms with Crippen LogP contribution in [0.3, 0.4) is 0 Å². The molecular formula is C21H26F6N4O6S. The van der Waals surface area contributed by atoms with Gasteiger partial charge in [0.15, 0.2) is 0 Å². The Kier molecular flexibility index (Phi) is 10.6. The summed E-state index contributed by atoms with van der Waals surface area (Å²) in [5.41, 5.74) is 2.29. The van der Waals surface area contributed by atoms with Crippen LogP contribution in [0.25, 0.3) is 0 Å². The molecule has 0 bridgehead atoms. The molecule has 1 unspecified atom stereocenters. The SMILES string of the molecule is Cc1nc(COC2CCOC3(C2)CN(Cc2cnn(C)c2)C3)cs1.O=C(O)C(F)(F)F.O=C(O)C(F)(F)F. The van der Waals surface area contributed by atoms with E-state index in [1.807, 2.05) is 24.9 Å². The average molecular weight is 577 g/mol. The highest BCUT2D eigenvalue weighted by atomic mass is 32.1. The van der Waals surface area contributed by atoms with Crippen LogP contribution in [0.4, 0.5) is 26.3 Å². The van der Waals surface area contributed by atoms with E-state index in [0.29, 0.717) is 6.61 Å². The zero-order valence-electron chi connectivity index (χ0n) is 20.3. The summed E-state index contributed by atoms with van der Waals surface area (Å²) in [4.78, 5) is 24.7. The summed E-state index contributed by atoms with van der Waals surface area (Å²) in [7, 11) is 1.96. The molecule has 0 amide bonds. The van der Waals surface area contributed by atoms with Gasteiger partial charge >= 0.3 is 24.3 Å². The van der Waals surface area contributed by atoms with Crippen LogP contribution >= 0.6 is 11.3 Å². The molecule has 0 aromatic carbocycles. The lowest BCUT2D eigenvalue weighted by Gasteiger charge is -2.53. The van der Waals surface area contributed by atoms with Crippen molar-refractivity contribution in [3.8, 4) is 0 Å². The third kappa shape index (κ3) is 10.2. The molecule has 0 radical (unpaired) electrons. The van der Waals surface area contributed by atoms with Gasteiger partial charge in [0.25, 0.3) is 0 Å². The van der Waals surface area contributed by atoms with Crippen LogP contribution in [-0.2, 0) is 39.3 Å². The zero-order chi connectivity index (χ0) is 28.7. The van der Waals surface area contributed by atoms with Gasteiger partial charge in [0, 0.05) is 56.9 Å². The summed E-state index contributed by atoms with van der Waals surface area (Å²) in [5, 5.41) is 21.7. The Morgan fingerprint density at radius 1 is 1.18 bits per heavy atom. The highest BCUT2D eigenvalue weighted by Gasteiger charge is 2.47. The number of rotatable bonds is 5. The van der Waals surface area contributed by atoms with Crippen molar-refractivity contribution in [3.05, 3.63) is 34.0 Å². The molecule has 2 aromatic heterocycles. The number of hydrogen-bond acceptors (Lipinski definition) is 8. The maximum atomic E-state index is 10.6. The molecule has 0 saturated carbocycles. The van der Waals surface area contributed by atoms with Gasteiger partial charge in [-0.1, -0.05) is 0 Å². The predicted octanol–water partition coefficient (Wildman–Crippen LogP) is 3.40. The van der Waals surface area contributed by atoms with E-state index in [1.165, 1.54) is 5.56 Å². The number of aromatic nitrogens is 3. The second-order valence-electron chi connectivity index (χ2n) is 8.59. The number of alkyl halides is 6. The van der Waals surface area contributed by atoms with Gasteiger partial charge in [0.05, 0.1) is 35.2 Å². The van der Waals surface area contributed by atoms with Crippen molar-refractivity contribution in [1.29, 1.82) is 0 Å². The lowest BCUT2D eigenvalue weighted by Crippen LogP contribution is -2.65. The first-order valence-corrected chi connectivity index (χ1v) is 11.8. The summed E-state index contributed by atoms with van der Waals surface area (Å²) in [6.45, 7) is 6.35. The van der Waals surface area contributed by atoms with Gasteiger partial charge in [-0.25, -0.2) is 14.6 Å². The van der Waals surface area contributed by atoms with Gasteiger partial charge in [0.2, 0.25) is 0 Å². The molecule has 0 aliphatic carbocycles. The number of halogens is 6. The number of thiazole rings is 1. The van der Waals surface area contributed by atoms with E-state index < -0.39 is 24.3 Å². The van der Waals surface area contributed by atoms with Crippen molar-refractivity contribution in [3.63, 3.8) is 0 Å². The molecule has 2 N–H and O–H groups in total. The molecule has 2 saturated heterocycles. The number of aliphatic carboxylic acids is 2. The molecular weight excluding hydrogens is 550 g/mol. The summed E-state index contributed by atoms with van der Waals surface area (Å²) < 4.78 is 77.5. The zero-order valence-corrected chi connectivity index (χ0v) is 21.1. The van der Waals surface area contributed by atoms with Crippen molar-refractivity contribution in [2.75, 3.05) is 19.7 Å². The Labute approximate surface area is 216 Å². The number of likely N-dealkylation sites (tertiary alicyclic amines) is 1. The van der Waals surface area contributed by atoms with Crippen molar-refractivity contribution in [2.24, 2.45) is 7.05 Å². The highest BCUT2D eigenvalue weighted by molar-refractivity contribution is 7.09. The number of aryl methyl sites for hydroxylation is 2. The maximum absolute atomic E-state index is 10.6. The van der Waals surface area contributed by atoms with E-state index >= 15 is 0 Å². The second kappa shape index (κ2) is 12.9. The van der Waals surface area contributed by atoms with Crippen molar-refractivity contribution in [1.82, 2.24) is 19.7 Å². The average Bonchev–Trinajstić information content (AvgIpc) is 3.38. The Hall–Kier alpha value is -2.76. The van der Waals surface area contributed by atoms with Crippen molar-refractivity contribution < 1.29 is 55.6 Å². The first-order chi connectivity index (χ1) is 17.5.